The minimum atomic E-state index is -4.37. The van der Waals surface area contributed by atoms with Crippen molar-refractivity contribution in [2.75, 3.05) is 0 Å². The lowest BCUT2D eigenvalue weighted by Gasteiger charge is -2.07. The van der Waals surface area contributed by atoms with Crippen LogP contribution in [0.5, 0.6) is 0 Å². The summed E-state index contributed by atoms with van der Waals surface area (Å²) in [5.41, 5.74) is -0.579. The lowest BCUT2D eigenvalue weighted by Crippen LogP contribution is -2.11. The van der Waals surface area contributed by atoms with Crippen molar-refractivity contribution in [1.82, 2.24) is 14.4 Å². The molecule has 13 heavy (non-hydrogen) atoms. The van der Waals surface area contributed by atoms with Crippen LogP contribution in [-0.4, -0.2) is 14.4 Å². The number of aromatic nitrogens is 3. The number of hydrogen-bond donors (Lipinski definition) is 0. The molecule has 3 nitrogen and oxygen atoms in total. The lowest BCUT2D eigenvalue weighted by atomic mass is 10.4. The van der Waals surface area contributed by atoms with Crippen LogP contribution in [0.15, 0.2) is 24.8 Å². The molecule has 2 rings (SSSR count). The third-order valence-electron chi connectivity index (χ3n) is 1.61. The lowest BCUT2D eigenvalue weighted by molar-refractivity contribution is -0.142. The number of rotatable bonds is 0. The number of hydrogen-bond acceptors (Lipinski definition) is 2. The van der Waals surface area contributed by atoms with E-state index in [-0.39, 0.29) is 5.65 Å². The van der Waals surface area contributed by atoms with Crippen molar-refractivity contribution in [3.63, 3.8) is 0 Å². The van der Waals surface area contributed by atoms with Crippen molar-refractivity contribution in [3.8, 4) is 0 Å². The number of nitrogens with zero attached hydrogens (tertiary/aromatic N) is 3. The van der Waals surface area contributed by atoms with E-state index in [9.17, 15) is 13.2 Å². The first-order chi connectivity index (χ1) is 6.09. The van der Waals surface area contributed by atoms with Crippen LogP contribution < -0.4 is 0 Å². The number of imidazole rings is 1. The van der Waals surface area contributed by atoms with Crippen molar-refractivity contribution in [3.05, 3.63) is 30.5 Å². The van der Waals surface area contributed by atoms with Crippen molar-refractivity contribution < 1.29 is 13.2 Å². The quantitative estimate of drug-likeness (QED) is 0.628. The summed E-state index contributed by atoms with van der Waals surface area (Å²) in [6.45, 7) is 0. The van der Waals surface area contributed by atoms with Crippen molar-refractivity contribution in [1.29, 1.82) is 0 Å². The Morgan fingerprint density at radius 3 is 2.77 bits per heavy atom. The Hall–Kier alpha value is -1.59. The first kappa shape index (κ1) is 8.03. The van der Waals surface area contributed by atoms with Gasteiger partial charge in [0.25, 0.3) is 0 Å². The molecule has 0 saturated carbocycles. The van der Waals surface area contributed by atoms with Crippen molar-refractivity contribution in [2.45, 2.75) is 6.18 Å². The van der Waals surface area contributed by atoms with Crippen molar-refractivity contribution >= 4 is 5.65 Å². The van der Waals surface area contributed by atoms with Gasteiger partial charge in [0.2, 0.25) is 0 Å². The van der Waals surface area contributed by atoms with E-state index in [1.165, 1.54) is 6.20 Å². The summed E-state index contributed by atoms with van der Waals surface area (Å²) < 4.78 is 37.9. The average molecular weight is 187 g/mol. The number of halogens is 3. The Morgan fingerprint density at radius 2 is 2.08 bits per heavy atom. The van der Waals surface area contributed by atoms with Crippen LogP contribution in [-0.2, 0) is 6.18 Å². The maximum absolute atomic E-state index is 12.3. The maximum atomic E-state index is 12.3. The molecule has 0 unspecified atom stereocenters. The molecule has 2 aromatic rings. The van der Waals surface area contributed by atoms with Gasteiger partial charge in [-0.3, -0.25) is 4.40 Å². The Kier molecular flexibility index (Phi) is 1.51. The molecule has 0 saturated heterocycles. The van der Waals surface area contributed by atoms with Crippen LogP contribution in [0, 0.1) is 0 Å². The van der Waals surface area contributed by atoms with Gasteiger partial charge in [0.1, 0.15) is 12.0 Å². The SMILES string of the molecule is FC(F)(F)c1ccnc2cncn12. The fourth-order valence-electron chi connectivity index (χ4n) is 1.06. The molecule has 6 heteroatoms. The maximum Gasteiger partial charge on any atom is 0.431 e. The molecule has 0 bridgehead atoms. The van der Waals surface area contributed by atoms with Crippen LogP contribution in [0.25, 0.3) is 5.65 Å². The number of alkyl halides is 3. The van der Waals surface area contributed by atoms with Gasteiger partial charge in [-0.25, -0.2) is 9.97 Å². The third-order valence-corrected chi connectivity index (χ3v) is 1.61. The molecular formula is C7H4F3N3. The summed E-state index contributed by atoms with van der Waals surface area (Å²) in [4.78, 5) is 7.29. The Labute approximate surface area is 70.9 Å². The van der Waals surface area contributed by atoms with Gasteiger partial charge in [-0.1, -0.05) is 0 Å². The zero-order valence-corrected chi connectivity index (χ0v) is 6.28. The van der Waals surface area contributed by atoms with Gasteiger partial charge < -0.3 is 0 Å². The fourth-order valence-corrected chi connectivity index (χ4v) is 1.06. The topological polar surface area (TPSA) is 30.2 Å². The van der Waals surface area contributed by atoms with Crippen LogP contribution >= 0.6 is 0 Å². The molecule has 0 radical (unpaired) electrons. The van der Waals surface area contributed by atoms with E-state index >= 15 is 0 Å². The smallest absolute Gasteiger partial charge is 0.279 e. The third kappa shape index (κ3) is 1.24. The monoisotopic (exact) mass is 187 g/mol. The summed E-state index contributed by atoms with van der Waals surface area (Å²) in [5, 5.41) is 0. The Balaban J connectivity index is 2.75. The van der Waals surface area contributed by atoms with Gasteiger partial charge in [-0.15, -0.1) is 0 Å². The molecule has 2 aromatic heterocycles. The molecule has 0 aliphatic heterocycles. The van der Waals surface area contributed by atoms with Crippen LogP contribution in [0.2, 0.25) is 0 Å². The minimum Gasteiger partial charge on any atom is -0.279 e. The van der Waals surface area contributed by atoms with E-state index in [0.717, 1.165) is 23.0 Å². The van der Waals surface area contributed by atoms with Crippen LogP contribution in [0.4, 0.5) is 13.2 Å². The van der Waals surface area contributed by atoms with Crippen LogP contribution in [0.3, 0.4) is 0 Å². The highest BCUT2D eigenvalue weighted by atomic mass is 19.4. The normalized spacial score (nSPS) is 12.2. The Bertz CT molecular complexity index is 432. The second kappa shape index (κ2) is 2.45. The second-order valence-electron chi connectivity index (χ2n) is 2.45. The second-order valence-corrected chi connectivity index (χ2v) is 2.45. The van der Waals surface area contributed by atoms with Gasteiger partial charge in [-0.2, -0.15) is 13.2 Å². The summed E-state index contributed by atoms with van der Waals surface area (Å²) in [6.07, 6.45) is -0.901. The largest absolute Gasteiger partial charge is 0.431 e. The highest BCUT2D eigenvalue weighted by Gasteiger charge is 2.33. The van der Waals surface area contributed by atoms with Gasteiger partial charge in [0.05, 0.1) is 6.20 Å². The summed E-state index contributed by atoms with van der Waals surface area (Å²) in [5.74, 6) is 0. The van der Waals surface area contributed by atoms with E-state index in [1.54, 1.807) is 0 Å². The zero-order chi connectivity index (χ0) is 9.47. The molecule has 68 valence electrons. The molecule has 0 aromatic carbocycles. The summed E-state index contributed by atoms with van der Waals surface area (Å²) >= 11 is 0. The van der Waals surface area contributed by atoms with Gasteiger partial charge in [-0.05, 0) is 6.07 Å². The molecular weight excluding hydrogens is 183 g/mol. The molecule has 2 heterocycles. The van der Waals surface area contributed by atoms with Gasteiger partial charge in [0.15, 0.2) is 5.65 Å². The average Bonchev–Trinajstić information content (AvgIpc) is 2.48. The highest BCUT2D eigenvalue weighted by Crippen LogP contribution is 2.28. The number of fused-ring (bicyclic) bond motifs is 1. The van der Waals surface area contributed by atoms with Gasteiger partial charge >= 0.3 is 6.18 Å². The van der Waals surface area contributed by atoms with Crippen molar-refractivity contribution in [2.24, 2.45) is 0 Å². The van der Waals surface area contributed by atoms with E-state index < -0.39 is 11.9 Å². The predicted molar refractivity (Wildman–Crippen MR) is 38.0 cm³/mol. The minimum absolute atomic E-state index is 0.190. The van der Waals surface area contributed by atoms with Crippen LogP contribution in [0.1, 0.15) is 5.69 Å². The summed E-state index contributed by atoms with van der Waals surface area (Å²) in [6, 6.07) is 0.911. The molecule has 0 fully saturated rings. The first-order valence-corrected chi connectivity index (χ1v) is 3.43. The molecule has 0 spiro atoms. The molecule has 0 N–H and O–H groups in total. The molecule has 0 amide bonds. The zero-order valence-electron chi connectivity index (χ0n) is 6.28. The van der Waals surface area contributed by atoms with E-state index in [2.05, 4.69) is 9.97 Å². The van der Waals surface area contributed by atoms with E-state index in [1.807, 2.05) is 0 Å². The Morgan fingerprint density at radius 1 is 1.31 bits per heavy atom. The highest BCUT2D eigenvalue weighted by molar-refractivity contribution is 5.36. The predicted octanol–water partition coefficient (Wildman–Crippen LogP) is 1.75. The summed E-state index contributed by atoms with van der Waals surface area (Å²) in [7, 11) is 0. The van der Waals surface area contributed by atoms with E-state index in [0.29, 0.717) is 0 Å². The fraction of sp³-hybridized carbons (Fsp3) is 0.143. The molecule has 0 atom stereocenters. The molecule has 0 aliphatic rings. The van der Waals surface area contributed by atoms with E-state index in [4.69, 9.17) is 0 Å². The standard InChI is InChI=1S/C7H4F3N3/c8-7(9,10)5-1-2-12-6-3-11-4-13(5)6/h1-4H. The molecule has 0 aliphatic carbocycles. The first-order valence-electron chi connectivity index (χ1n) is 3.43. The van der Waals surface area contributed by atoms with Gasteiger partial charge in [0, 0.05) is 6.20 Å².